The van der Waals surface area contributed by atoms with Gasteiger partial charge in [0.05, 0.1) is 19.1 Å². The number of hydrazine groups is 1. The highest BCUT2D eigenvalue weighted by atomic mass is 79.9. The van der Waals surface area contributed by atoms with Crippen LogP contribution in [0.15, 0.2) is 24.5 Å². The highest BCUT2D eigenvalue weighted by molar-refractivity contribution is 9.12. The zero-order valence-corrected chi connectivity index (χ0v) is 20.0. The monoisotopic (exact) mass is 572 g/mol. The van der Waals surface area contributed by atoms with Crippen LogP contribution in [0.25, 0.3) is 11.2 Å². The molecule has 0 bridgehead atoms. The summed E-state index contributed by atoms with van der Waals surface area (Å²) in [5.41, 5.74) is 3.10. The Labute approximate surface area is 200 Å². The fourth-order valence-electron chi connectivity index (χ4n) is 2.46. The van der Waals surface area contributed by atoms with E-state index >= 15 is 0 Å². The highest BCUT2D eigenvalue weighted by Crippen LogP contribution is 2.53. The fourth-order valence-corrected chi connectivity index (χ4v) is 5.92. The van der Waals surface area contributed by atoms with Crippen molar-refractivity contribution in [2.24, 2.45) is 5.84 Å². The Morgan fingerprint density at radius 1 is 1.45 bits per heavy atom. The van der Waals surface area contributed by atoms with Crippen molar-refractivity contribution >= 4 is 85.5 Å². The number of benzene rings is 1. The maximum Gasteiger partial charge on any atom is 0.287 e. The van der Waals surface area contributed by atoms with Crippen LogP contribution >= 0.6 is 62.8 Å². The second-order valence-corrected chi connectivity index (χ2v) is 11.5. The van der Waals surface area contributed by atoms with E-state index in [0.717, 1.165) is 0 Å². The Hall–Kier alpha value is -1.62. The van der Waals surface area contributed by atoms with Crippen LogP contribution in [0.4, 0.5) is 15.9 Å². The first-order valence-corrected chi connectivity index (χ1v) is 11.1. The molecular weight excluding hydrogens is 562 g/mol. The van der Waals surface area contributed by atoms with Crippen molar-refractivity contribution in [2.75, 3.05) is 12.4 Å². The summed E-state index contributed by atoms with van der Waals surface area (Å²) < 4.78 is 14.0. The van der Waals surface area contributed by atoms with Gasteiger partial charge in [-0.3, -0.25) is 16.0 Å². The second-order valence-electron chi connectivity index (χ2n) is 5.57. The molecule has 0 aliphatic rings. The molecule has 0 saturated carbocycles. The van der Waals surface area contributed by atoms with Gasteiger partial charge in [0.15, 0.2) is 17.3 Å². The van der Waals surface area contributed by atoms with Crippen molar-refractivity contribution < 1.29 is 13.5 Å². The third kappa shape index (κ3) is 5.42. The van der Waals surface area contributed by atoms with E-state index < -0.39 is 11.9 Å². The summed E-state index contributed by atoms with van der Waals surface area (Å²) in [5.74, 6) is 5.85. The van der Waals surface area contributed by atoms with Gasteiger partial charge in [0.25, 0.3) is 19.5 Å². The Balaban J connectivity index is 2.17. The average Bonchev–Trinajstić information content (AvgIpc) is 3.16. The standard InChI is InChI=1S/C14H12BrCl2FN8O3S2/c1-29-7-4-2-3-6(8(7)16)22-11-9-10(21-5-20-9)23-12(24-11)13(25-19,31-26(27)28)30-14(15,17)18/h2-5,25H,19H2,1H3,(H2,20,21,22,23,24). The average molecular weight is 574 g/mol. The molecular formula is C14H12BrCl2FN8O3S2. The normalized spacial score (nSPS) is 15.3. The van der Waals surface area contributed by atoms with Crippen molar-refractivity contribution in [1.29, 1.82) is 0 Å². The Morgan fingerprint density at radius 3 is 2.81 bits per heavy atom. The lowest BCUT2D eigenvalue weighted by atomic mass is 10.3. The summed E-state index contributed by atoms with van der Waals surface area (Å²) in [6.45, 7) is 0. The summed E-state index contributed by atoms with van der Waals surface area (Å²) in [4.78, 5) is 26.7. The largest absolute Gasteiger partial charge is 0.495 e. The molecule has 0 fully saturated rings. The number of methoxy groups -OCH3 is 1. The van der Waals surface area contributed by atoms with Gasteiger partial charge in [-0.15, -0.1) is 0 Å². The van der Waals surface area contributed by atoms with Crippen LogP contribution in [-0.2, 0) is 4.20 Å². The number of nitrogens with one attached hydrogen (secondary N) is 3. The van der Waals surface area contributed by atoms with E-state index in [1.807, 2.05) is 0 Å². The van der Waals surface area contributed by atoms with Crippen molar-refractivity contribution in [1.82, 2.24) is 25.4 Å². The summed E-state index contributed by atoms with van der Waals surface area (Å²) >= 11 is 14.8. The number of rotatable bonds is 9. The fraction of sp³-hybridized carbons (Fsp3) is 0.214. The lowest BCUT2D eigenvalue weighted by molar-refractivity contribution is -0.286. The summed E-state index contributed by atoms with van der Waals surface area (Å²) in [6, 6.07) is 5.02. The summed E-state index contributed by atoms with van der Waals surface area (Å²) in [6.07, 6.45) is 1.35. The molecule has 2 aromatic heterocycles. The van der Waals surface area contributed by atoms with Gasteiger partial charge in [0.2, 0.25) is 0 Å². The molecule has 2 atom stereocenters. The topological polar surface area (TPSA) is 157 Å². The number of nitrogens with two attached hydrogens (primary N) is 1. The highest BCUT2D eigenvalue weighted by Gasteiger charge is 2.51. The molecule has 0 radical (unpaired) electrons. The molecule has 11 nitrogen and oxygen atoms in total. The van der Waals surface area contributed by atoms with Crippen LogP contribution in [0, 0.1) is 10.1 Å². The molecule has 2 heterocycles. The molecule has 1 aromatic carbocycles. The lowest BCUT2D eigenvalue weighted by Crippen LogP contribution is -2.45. The first-order valence-electron chi connectivity index (χ1n) is 7.98. The molecule has 31 heavy (non-hydrogen) atoms. The van der Waals surface area contributed by atoms with Gasteiger partial charge in [-0.25, -0.2) is 24.8 Å². The molecule has 0 spiro atoms. The maximum absolute atomic E-state index is 14.2. The number of imidazole rings is 1. The van der Waals surface area contributed by atoms with E-state index in [0.29, 0.717) is 17.0 Å². The van der Waals surface area contributed by atoms with Gasteiger partial charge in [0.1, 0.15) is 20.6 Å². The number of anilines is 2. The maximum atomic E-state index is 14.2. The molecule has 5 N–H and O–H groups in total. The van der Waals surface area contributed by atoms with Crippen LogP contribution in [0.1, 0.15) is 5.82 Å². The lowest BCUT2D eigenvalue weighted by Gasteiger charge is -2.27. The van der Waals surface area contributed by atoms with E-state index in [9.17, 15) is 14.5 Å². The van der Waals surface area contributed by atoms with Gasteiger partial charge in [-0.2, -0.15) is 0 Å². The van der Waals surface area contributed by atoms with Crippen LogP contribution in [0.3, 0.4) is 0 Å². The molecule has 0 amide bonds. The zero-order valence-electron chi connectivity index (χ0n) is 15.2. The molecule has 0 aliphatic carbocycles. The Morgan fingerprint density at radius 2 is 2.19 bits per heavy atom. The van der Waals surface area contributed by atoms with E-state index in [4.69, 9.17) is 33.8 Å². The van der Waals surface area contributed by atoms with Crippen LogP contribution in [0.5, 0.6) is 5.75 Å². The molecule has 0 aliphatic heterocycles. The number of nitrogens with zero attached hydrogens (tertiary/aromatic N) is 4. The van der Waals surface area contributed by atoms with E-state index in [1.54, 1.807) is 18.2 Å². The summed E-state index contributed by atoms with van der Waals surface area (Å²) in [7, 11) is 1.46. The zero-order chi connectivity index (χ0) is 22.8. The van der Waals surface area contributed by atoms with Crippen LogP contribution in [-0.4, -0.2) is 34.7 Å². The first-order chi connectivity index (χ1) is 14.6. The number of alkyl halides is 3. The van der Waals surface area contributed by atoms with E-state index in [1.165, 1.54) is 13.4 Å². The first kappa shape index (κ1) is 24.0. The number of aromatic nitrogens is 4. The Bertz CT molecular complexity index is 1120. The van der Waals surface area contributed by atoms with Crippen molar-refractivity contribution in [2.45, 2.75) is 7.57 Å². The van der Waals surface area contributed by atoms with Crippen LogP contribution < -0.4 is 21.3 Å². The predicted octanol–water partition coefficient (Wildman–Crippen LogP) is 4.20. The minimum absolute atomic E-state index is 0.0202. The summed E-state index contributed by atoms with van der Waals surface area (Å²) in [5, 5.41) is 14.6. The number of hydrogen-bond donors (Lipinski definition) is 4. The third-order valence-corrected chi connectivity index (χ3v) is 6.78. The number of thioether (sulfide) groups is 1. The van der Waals surface area contributed by atoms with Gasteiger partial charge >= 0.3 is 0 Å². The quantitative estimate of drug-likeness (QED) is 0.0725. The molecule has 2 unspecified atom stereocenters. The molecule has 3 aromatic rings. The third-order valence-electron chi connectivity index (χ3n) is 3.67. The number of aromatic amines is 1. The molecule has 3 rings (SSSR count). The number of halogens is 4. The smallest absolute Gasteiger partial charge is 0.287 e. The minimum atomic E-state index is -2.63. The van der Waals surface area contributed by atoms with Crippen molar-refractivity contribution in [3.05, 3.63) is 45.5 Å². The Kier molecular flexibility index (Phi) is 7.35. The minimum Gasteiger partial charge on any atom is -0.495 e. The van der Waals surface area contributed by atoms with Crippen molar-refractivity contribution in [3.8, 4) is 5.75 Å². The van der Waals surface area contributed by atoms with Gasteiger partial charge < -0.3 is 15.0 Å². The van der Waals surface area contributed by atoms with E-state index in [2.05, 4.69) is 46.6 Å². The van der Waals surface area contributed by atoms with Gasteiger partial charge in [-0.1, -0.05) is 29.3 Å². The molecule has 17 heteroatoms. The predicted molar refractivity (Wildman–Crippen MR) is 123 cm³/mol. The second kappa shape index (κ2) is 9.48. The van der Waals surface area contributed by atoms with Gasteiger partial charge in [-0.05, 0) is 39.8 Å². The number of H-pyrrole nitrogens is 1. The van der Waals surface area contributed by atoms with E-state index in [-0.39, 0.29) is 46.0 Å². The molecule has 166 valence electrons. The number of fused-ring (bicyclic) bond motifs is 1. The SMILES string of the molecule is COc1cccc(Nc2nc(C(NN)(S[N+](=O)[O-])SC(F)(Cl)Br)nc3nc[nH]c23)c1Cl. The number of nitro groups is 1. The number of ether oxygens (including phenoxy) is 1. The number of hydrogen-bond acceptors (Lipinski definition) is 11. The van der Waals surface area contributed by atoms with Gasteiger partial charge in [0, 0.05) is 0 Å². The van der Waals surface area contributed by atoms with Crippen molar-refractivity contribution in [3.63, 3.8) is 0 Å². The molecule has 0 saturated heterocycles. The van der Waals surface area contributed by atoms with Crippen LogP contribution in [0.2, 0.25) is 5.02 Å².